The Hall–Kier alpha value is -1.53. The largest absolute Gasteiger partial charge is 0.480 e. The maximum absolute atomic E-state index is 11.2. The average molecular weight is 236 g/mol. The van der Waals surface area contributed by atoms with Crippen LogP contribution in [-0.2, 0) is 4.79 Å². The second-order valence-electron chi connectivity index (χ2n) is 4.10. The highest BCUT2D eigenvalue weighted by molar-refractivity contribution is 5.74. The lowest BCUT2D eigenvalue weighted by atomic mass is 10.1. The molecule has 1 aliphatic rings. The number of nitrogens with one attached hydrogen (secondary N) is 1. The zero-order valence-corrected chi connectivity index (χ0v) is 9.71. The van der Waals surface area contributed by atoms with Gasteiger partial charge in [0.2, 0.25) is 0 Å². The molecule has 6 heteroatoms. The fourth-order valence-corrected chi connectivity index (χ4v) is 2.11. The van der Waals surface area contributed by atoms with E-state index in [1.165, 1.54) is 0 Å². The number of rotatable bonds is 3. The van der Waals surface area contributed by atoms with Gasteiger partial charge in [0.05, 0.1) is 11.7 Å². The van der Waals surface area contributed by atoms with Crippen molar-refractivity contribution < 1.29 is 9.90 Å². The Kier molecular flexibility index (Phi) is 3.65. The molecule has 2 heterocycles. The van der Waals surface area contributed by atoms with E-state index in [0.717, 1.165) is 12.2 Å². The van der Waals surface area contributed by atoms with Crippen molar-refractivity contribution in [1.29, 1.82) is 0 Å². The molecule has 2 N–H and O–H groups in total. The van der Waals surface area contributed by atoms with E-state index in [4.69, 9.17) is 0 Å². The lowest BCUT2D eigenvalue weighted by Gasteiger charge is -2.37. The molecule has 1 aromatic heterocycles. The first kappa shape index (κ1) is 11.9. The minimum absolute atomic E-state index is 0.0353. The highest BCUT2D eigenvalue weighted by atomic mass is 16.4. The molecule has 6 nitrogen and oxygen atoms in total. The third kappa shape index (κ3) is 2.59. The molecule has 0 unspecified atom stereocenters. The first-order valence-corrected chi connectivity index (χ1v) is 5.65. The lowest BCUT2D eigenvalue weighted by molar-refractivity contribution is -0.145. The molecule has 1 aromatic rings. The quantitative estimate of drug-likeness (QED) is 0.763. The highest BCUT2D eigenvalue weighted by Gasteiger charge is 2.32. The van der Waals surface area contributed by atoms with Crippen LogP contribution in [0.3, 0.4) is 0 Å². The van der Waals surface area contributed by atoms with E-state index in [0.29, 0.717) is 13.1 Å². The summed E-state index contributed by atoms with van der Waals surface area (Å²) in [6, 6.07) is -0.535. The van der Waals surface area contributed by atoms with E-state index >= 15 is 0 Å². The van der Waals surface area contributed by atoms with Crippen molar-refractivity contribution in [2.75, 3.05) is 19.6 Å². The number of aliphatic carboxylic acids is 1. The van der Waals surface area contributed by atoms with Crippen LogP contribution in [0.5, 0.6) is 0 Å². The average Bonchev–Trinajstić information content (AvgIpc) is 2.39. The number of carbonyl (C=O) groups is 1. The topological polar surface area (TPSA) is 78.4 Å². The molecule has 1 saturated heterocycles. The minimum atomic E-state index is -0.798. The maximum atomic E-state index is 11.2. The number of hydrogen-bond donors (Lipinski definition) is 2. The number of carboxylic acid groups (broad SMARTS) is 1. The number of nitrogens with zero attached hydrogens (tertiary/aromatic N) is 3. The molecule has 1 fully saturated rings. The summed E-state index contributed by atoms with van der Waals surface area (Å²) in [5.74, 6) is -0.798. The molecule has 92 valence electrons. The molecule has 0 aliphatic carbocycles. The zero-order chi connectivity index (χ0) is 12.3. The molecule has 0 amide bonds. The summed E-state index contributed by atoms with van der Waals surface area (Å²) < 4.78 is 0. The SMILES string of the molecule is C[C@@H](c1cnccn1)N1CCNC[C@@H]1C(=O)O. The predicted molar refractivity (Wildman–Crippen MR) is 61.4 cm³/mol. The Balaban J connectivity index is 2.16. The van der Waals surface area contributed by atoms with Gasteiger partial charge in [-0.1, -0.05) is 0 Å². The first-order valence-electron chi connectivity index (χ1n) is 5.65. The number of carboxylic acids is 1. The van der Waals surface area contributed by atoms with Gasteiger partial charge in [-0.25, -0.2) is 0 Å². The monoisotopic (exact) mass is 236 g/mol. The highest BCUT2D eigenvalue weighted by Crippen LogP contribution is 2.21. The summed E-state index contributed by atoms with van der Waals surface area (Å²) in [6.07, 6.45) is 4.93. The van der Waals surface area contributed by atoms with E-state index in [-0.39, 0.29) is 6.04 Å². The number of aromatic nitrogens is 2. The van der Waals surface area contributed by atoms with Crippen molar-refractivity contribution in [3.05, 3.63) is 24.3 Å². The molecule has 2 rings (SSSR count). The van der Waals surface area contributed by atoms with Gasteiger partial charge < -0.3 is 10.4 Å². The molecule has 2 atom stereocenters. The van der Waals surface area contributed by atoms with Crippen molar-refractivity contribution in [3.8, 4) is 0 Å². The summed E-state index contributed by atoms with van der Waals surface area (Å²) in [5.41, 5.74) is 0.806. The molecule has 0 spiro atoms. The van der Waals surface area contributed by atoms with E-state index in [1.54, 1.807) is 18.6 Å². The molecule has 17 heavy (non-hydrogen) atoms. The second-order valence-corrected chi connectivity index (χ2v) is 4.10. The van der Waals surface area contributed by atoms with Gasteiger partial charge in [-0.15, -0.1) is 0 Å². The Labute approximate surface area is 99.7 Å². The van der Waals surface area contributed by atoms with Crippen LogP contribution in [0.4, 0.5) is 0 Å². The van der Waals surface area contributed by atoms with Crippen LogP contribution >= 0.6 is 0 Å². The van der Waals surface area contributed by atoms with E-state index in [1.807, 2.05) is 11.8 Å². The first-order chi connectivity index (χ1) is 8.20. The van der Waals surface area contributed by atoms with Crippen LogP contribution < -0.4 is 5.32 Å². The zero-order valence-electron chi connectivity index (χ0n) is 9.71. The summed E-state index contributed by atoms with van der Waals surface area (Å²) >= 11 is 0. The van der Waals surface area contributed by atoms with Crippen molar-refractivity contribution in [2.45, 2.75) is 19.0 Å². The Bertz CT molecular complexity index is 384. The van der Waals surface area contributed by atoms with E-state index < -0.39 is 12.0 Å². The van der Waals surface area contributed by atoms with Crippen LogP contribution in [0.1, 0.15) is 18.7 Å². The van der Waals surface area contributed by atoms with Crippen molar-refractivity contribution >= 4 is 5.97 Å². The molecule has 1 aliphatic heterocycles. The summed E-state index contributed by atoms with van der Waals surface area (Å²) in [5, 5.41) is 12.3. The van der Waals surface area contributed by atoms with Gasteiger partial charge in [0.1, 0.15) is 6.04 Å². The molecular formula is C11H16N4O2. The number of piperazine rings is 1. The van der Waals surface area contributed by atoms with Gasteiger partial charge >= 0.3 is 5.97 Å². The van der Waals surface area contributed by atoms with Crippen molar-refractivity contribution in [1.82, 2.24) is 20.2 Å². The van der Waals surface area contributed by atoms with Crippen LogP contribution in [0, 0.1) is 0 Å². The molecular weight excluding hydrogens is 220 g/mol. The van der Waals surface area contributed by atoms with Crippen molar-refractivity contribution in [2.24, 2.45) is 0 Å². The molecule has 0 radical (unpaired) electrons. The minimum Gasteiger partial charge on any atom is -0.480 e. The number of hydrogen-bond acceptors (Lipinski definition) is 5. The van der Waals surface area contributed by atoms with E-state index in [9.17, 15) is 9.90 Å². The van der Waals surface area contributed by atoms with Crippen LogP contribution in [0.15, 0.2) is 18.6 Å². The molecule has 0 bridgehead atoms. The third-order valence-corrected chi connectivity index (χ3v) is 3.08. The smallest absolute Gasteiger partial charge is 0.322 e. The fraction of sp³-hybridized carbons (Fsp3) is 0.545. The van der Waals surface area contributed by atoms with Gasteiger partial charge in [0, 0.05) is 38.2 Å². The lowest BCUT2D eigenvalue weighted by Crippen LogP contribution is -2.55. The van der Waals surface area contributed by atoms with Gasteiger partial charge in [-0.2, -0.15) is 0 Å². The fourth-order valence-electron chi connectivity index (χ4n) is 2.11. The summed E-state index contributed by atoms with van der Waals surface area (Å²) in [7, 11) is 0. The Morgan fingerprint density at radius 3 is 3.12 bits per heavy atom. The summed E-state index contributed by atoms with van der Waals surface area (Å²) in [4.78, 5) is 21.4. The predicted octanol–water partition coefficient (Wildman–Crippen LogP) is -0.104. The van der Waals surface area contributed by atoms with Crippen LogP contribution in [0.2, 0.25) is 0 Å². The van der Waals surface area contributed by atoms with E-state index in [2.05, 4.69) is 15.3 Å². The normalized spacial score (nSPS) is 23.2. The standard InChI is InChI=1S/C11H16N4O2/c1-8(9-6-12-2-3-14-9)15-5-4-13-7-10(15)11(16)17/h2-3,6,8,10,13H,4-5,7H2,1H3,(H,16,17)/t8-,10+/m0/s1. The van der Waals surface area contributed by atoms with Crippen LogP contribution in [-0.4, -0.2) is 51.6 Å². The van der Waals surface area contributed by atoms with Gasteiger partial charge in [0.25, 0.3) is 0 Å². The third-order valence-electron chi connectivity index (χ3n) is 3.08. The molecule has 0 saturated carbocycles. The summed E-state index contributed by atoms with van der Waals surface area (Å²) in [6.45, 7) is 3.94. The Morgan fingerprint density at radius 1 is 1.65 bits per heavy atom. The maximum Gasteiger partial charge on any atom is 0.322 e. The second kappa shape index (κ2) is 5.20. The van der Waals surface area contributed by atoms with Gasteiger partial charge in [-0.3, -0.25) is 19.7 Å². The molecule has 0 aromatic carbocycles. The van der Waals surface area contributed by atoms with Crippen molar-refractivity contribution in [3.63, 3.8) is 0 Å². The van der Waals surface area contributed by atoms with Crippen LogP contribution in [0.25, 0.3) is 0 Å². The Morgan fingerprint density at radius 2 is 2.47 bits per heavy atom. The van der Waals surface area contributed by atoms with Gasteiger partial charge in [-0.05, 0) is 6.92 Å². The van der Waals surface area contributed by atoms with Gasteiger partial charge in [0.15, 0.2) is 0 Å².